The summed E-state index contributed by atoms with van der Waals surface area (Å²) in [5, 5.41) is 14.2. The second-order valence-electron chi connectivity index (χ2n) is 6.56. The van der Waals surface area contributed by atoms with Crippen molar-refractivity contribution in [1.82, 2.24) is 5.32 Å². The Morgan fingerprint density at radius 2 is 2.00 bits per heavy atom. The lowest BCUT2D eigenvalue weighted by Crippen LogP contribution is -2.48. The fourth-order valence-corrected chi connectivity index (χ4v) is 4.04. The lowest BCUT2D eigenvalue weighted by molar-refractivity contribution is -0.384. The largest absolute Gasteiger partial charge is 0.492 e. The Kier molecular flexibility index (Phi) is 7.63. The van der Waals surface area contributed by atoms with Gasteiger partial charge in [-0.05, 0) is 37.6 Å². The predicted molar refractivity (Wildman–Crippen MR) is 115 cm³/mol. The van der Waals surface area contributed by atoms with Crippen molar-refractivity contribution in [3.8, 4) is 5.75 Å². The molecule has 0 aliphatic carbocycles. The van der Waals surface area contributed by atoms with E-state index in [0.717, 1.165) is 22.2 Å². The van der Waals surface area contributed by atoms with Crippen LogP contribution in [0.2, 0.25) is 5.02 Å². The van der Waals surface area contributed by atoms with E-state index in [1.807, 2.05) is 6.92 Å². The number of ether oxygens (including phenoxy) is 1. The zero-order chi connectivity index (χ0) is 22.5. The highest BCUT2D eigenvalue weighted by Crippen LogP contribution is 2.25. The maximum atomic E-state index is 12.5. The van der Waals surface area contributed by atoms with Gasteiger partial charge in [0.05, 0.1) is 23.4 Å². The molecule has 0 aliphatic rings. The zero-order valence-corrected chi connectivity index (χ0v) is 18.2. The quantitative estimate of drug-likeness (QED) is 0.352. The number of nitrogens with zero attached hydrogens (tertiary/aromatic N) is 2. The molecule has 0 bridgehead atoms. The smallest absolute Gasteiger partial charge is 0.271 e. The monoisotopic (exact) mass is 455 g/mol. The van der Waals surface area contributed by atoms with Gasteiger partial charge in [-0.2, -0.15) is 0 Å². The van der Waals surface area contributed by atoms with Crippen molar-refractivity contribution < 1.29 is 22.9 Å². The van der Waals surface area contributed by atoms with Crippen molar-refractivity contribution in [2.24, 2.45) is 0 Å². The van der Waals surface area contributed by atoms with Crippen molar-refractivity contribution in [2.75, 3.05) is 23.7 Å². The summed E-state index contributed by atoms with van der Waals surface area (Å²) in [7, 11) is -3.88. The molecule has 0 heterocycles. The summed E-state index contributed by atoms with van der Waals surface area (Å²) in [6, 6.07) is 9.18. The number of benzene rings is 2. The average Bonchev–Trinajstić information content (AvgIpc) is 2.67. The van der Waals surface area contributed by atoms with Crippen molar-refractivity contribution in [3.05, 3.63) is 63.2 Å². The molecule has 0 spiro atoms. The van der Waals surface area contributed by atoms with Gasteiger partial charge in [0, 0.05) is 17.2 Å². The lowest BCUT2D eigenvalue weighted by Gasteiger charge is -2.28. The number of anilines is 1. The fraction of sp³-hybridized carbons (Fsp3) is 0.316. The molecule has 0 fully saturated rings. The van der Waals surface area contributed by atoms with Gasteiger partial charge in [-0.1, -0.05) is 23.7 Å². The van der Waals surface area contributed by atoms with Crippen molar-refractivity contribution in [1.29, 1.82) is 0 Å². The molecular weight excluding hydrogens is 434 g/mol. The molecule has 2 rings (SSSR count). The van der Waals surface area contributed by atoms with Gasteiger partial charge in [-0.3, -0.25) is 19.2 Å². The average molecular weight is 456 g/mol. The van der Waals surface area contributed by atoms with Crippen LogP contribution in [0.3, 0.4) is 0 Å². The number of non-ortho nitro benzene ring substituents is 1. The van der Waals surface area contributed by atoms with Crippen LogP contribution in [0.5, 0.6) is 5.75 Å². The number of rotatable bonds is 9. The Bertz CT molecular complexity index is 1040. The molecule has 11 heteroatoms. The highest BCUT2D eigenvalue weighted by Gasteiger charge is 2.29. The summed E-state index contributed by atoms with van der Waals surface area (Å²) in [6.45, 7) is 3.53. The van der Waals surface area contributed by atoms with Gasteiger partial charge >= 0.3 is 0 Å². The third kappa shape index (κ3) is 6.07. The van der Waals surface area contributed by atoms with E-state index < -0.39 is 26.9 Å². The van der Waals surface area contributed by atoms with Crippen LogP contribution in [0.1, 0.15) is 12.5 Å². The number of nitro benzene ring substituents is 1. The summed E-state index contributed by atoms with van der Waals surface area (Å²) >= 11 is 6.03. The number of hydrogen-bond acceptors (Lipinski definition) is 6. The number of carbonyl (C=O) groups is 1. The molecule has 2 aromatic carbocycles. The van der Waals surface area contributed by atoms with Crippen LogP contribution >= 0.6 is 11.6 Å². The van der Waals surface area contributed by atoms with E-state index in [9.17, 15) is 23.3 Å². The molecule has 0 saturated heterocycles. The lowest BCUT2D eigenvalue weighted by atomic mass is 10.2. The Hall–Kier alpha value is -2.85. The number of nitrogens with one attached hydrogen (secondary N) is 1. The zero-order valence-electron chi connectivity index (χ0n) is 16.7. The topological polar surface area (TPSA) is 119 Å². The number of hydrogen-bond donors (Lipinski definition) is 1. The van der Waals surface area contributed by atoms with Crippen molar-refractivity contribution in [2.45, 2.75) is 19.9 Å². The summed E-state index contributed by atoms with van der Waals surface area (Å²) in [5.74, 6) is -0.0280. The molecule has 1 amide bonds. The van der Waals surface area contributed by atoms with E-state index in [2.05, 4.69) is 5.32 Å². The van der Waals surface area contributed by atoms with Gasteiger partial charge in [0.15, 0.2) is 0 Å². The second-order valence-corrected chi connectivity index (χ2v) is 8.83. The molecule has 1 N–H and O–H groups in total. The molecular formula is C19H22ClN3O6S. The van der Waals surface area contributed by atoms with Crippen molar-refractivity contribution in [3.63, 3.8) is 0 Å². The Balaban J connectivity index is 2.04. The van der Waals surface area contributed by atoms with E-state index >= 15 is 0 Å². The third-order valence-corrected chi connectivity index (χ3v) is 5.85. The molecule has 1 unspecified atom stereocenters. The molecule has 0 aromatic heterocycles. The third-order valence-electron chi connectivity index (χ3n) is 4.20. The van der Waals surface area contributed by atoms with Gasteiger partial charge in [0.25, 0.3) is 5.69 Å². The first kappa shape index (κ1) is 23.4. The van der Waals surface area contributed by atoms with Crippen molar-refractivity contribution >= 4 is 38.9 Å². The van der Waals surface area contributed by atoms with Crippen LogP contribution in [0.25, 0.3) is 0 Å². The first-order chi connectivity index (χ1) is 14.0. The van der Waals surface area contributed by atoms with Gasteiger partial charge in [0.1, 0.15) is 18.4 Å². The van der Waals surface area contributed by atoms with E-state index in [0.29, 0.717) is 10.8 Å². The first-order valence-corrected chi connectivity index (χ1v) is 11.1. The molecule has 9 nitrogen and oxygen atoms in total. The Morgan fingerprint density at radius 1 is 1.30 bits per heavy atom. The van der Waals surface area contributed by atoms with Gasteiger partial charge in [0.2, 0.25) is 15.9 Å². The van der Waals surface area contributed by atoms with Crippen LogP contribution in [-0.4, -0.2) is 44.7 Å². The Morgan fingerprint density at radius 3 is 2.60 bits per heavy atom. The highest BCUT2D eigenvalue weighted by molar-refractivity contribution is 7.92. The molecule has 2 aromatic rings. The van der Waals surface area contributed by atoms with Crippen LogP contribution in [-0.2, 0) is 14.8 Å². The number of carbonyl (C=O) groups excluding carboxylic acids is 1. The summed E-state index contributed by atoms with van der Waals surface area (Å²) in [4.78, 5) is 22.9. The Labute approximate surface area is 179 Å². The summed E-state index contributed by atoms with van der Waals surface area (Å²) in [5.41, 5.74) is 0.659. The number of nitro groups is 1. The SMILES string of the molecule is Cc1ccc(OCCNC(=O)C(C)N(c2cccc([N+](=O)[O-])c2)S(C)(=O)=O)cc1Cl. The second kappa shape index (κ2) is 9.77. The van der Waals surface area contributed by atoms with Crippen LogP contribution in [0.15, 0.2) is 42.5 Å². The highest BCUT2D eigenvalue weighted by atomic mass is 35.5. The maximum absolute atomic E-state index is 12.5. The molecule has 1 atom stereocenters. The fourth-order valence-electron chi connectivity index (χ4n) is 2.71. The van der Waals surface area contributed by atoms with E-state index in [-0.39, 0.29) is 24.5 Å². The standard InChI is InChI=1S/C19H22ClN3O6S/c1-13-7-8-17(12-18(13)20)29-10-9-21-19(24)14(2)22(30(3,27)28)15-5-4-6-16(11-15)23(25)26/h4-8,11-12,14H,9-10H2,1-3H3,(H,21,24). The normalized spacial score (nSPS) is 12.1. The predicted octanol–water partition coefficient (Wildman–Crippen LogP) is 2.91. The maximum Gasteiger partial charge on any atom is 0.271 e. The minimum absolute atomic E-state index is 0.0277. The number of halogens is 1. The van der Waals surface area contributed by atoms with Gasteiger partial charge < -0.3 is 10.1 Å². The molecule has 0 saturated carbocycles. The van der Waals surface area contributed by atoms with Crippen LogP contribution in [0, 0.1) is 17.0 Å². The number of aryl methyl sites for hydroxylation is 1. The molecule has 162 valence electrons. The minimum Gasteiger partial charge on any atom is -0.492 e. The summed E-state index contributed by atoms with van der Waals surface area (Å²) < 4.78 is 30.9. The van der Waals surface area contributed by atoms with Crippen LogP contribution < -0.4 is 14.4 Å². The van der Waals surface area contributed by atoms with E-state index in [1.165, 1.54) is 25.1 Å². The van der Waals surface area contributed by atoms with Gasteiger partial charge in [-0.25, -0.2) is 8.42 Å². The molecule has 30 heavy (non-hydrogen) atoms. The number of amides is 1. The molecule has 0 radical (unpaired) electrons. The summed E-state index contributed by atoms with van der Waals surface area (Å²) in [6.07, 6.45) is 0.930. The van der Waals surface area contributed by atoms with Gasteiger partial charge in [-0.15, -0.1) is 0 Å². The first-order valence-electron chi connectivity index (χ1n) is 8.91. The number of sulfonamides is 1. The van der Waals surface area contributed by atoms with E-state index in [4.69, 9.17) is 16.3 Å². The van der Waals surface area contributed by atoms with Crippen LogP contribution in [0.4, 0.5) is 11.4 Å². The molecule has 0 aliphatic heterocycles. The minimum atomic E-state index is -3.88. The van der Waals surface area contributed by atoms with E-state index in [1.54, 1.807) is 18.2 Å².